The van der Waals surface area contributed by atoms with Crippen molar-refractivity contribution < 1.29 is 22.3 Å². The molecule has 0 saturated carbocycles. The molecule has 9 heteroatoms. The molecule has 1 fully saturated rings. The Bertz CT molecular complexity index is 864. The summed E-state index contributed by atoms with van der Waals surface area (Å²) in [7, 11) is -3.61. The van der Waals surface area contributed by atoms with Crippen LogP contribution in [0.15, 0.2) is 27.5 Å². The van der Waals surface area contributed by atoms with E-state index in [-0.39, 0.29) is 18.0 Å². The standard InChI is InChI=1S/C15H17N3O5S/c1-10-16-17-15(23-10)14-9-18(5-7-22-14)24(19,20)12-2-3-13-11(8-12)4-6-21-13/h2-3,8,14H,4-7,9H2,1H3/t14-/m0/s1. The van der Waals surface area contributed by atoms with Gasteiger partial charge in [-0.1, -0.05) is 0 Å². The molecule has 0 amide bonds. The first-order valence-electron chi connectivity index (χ1n) is 7.71. The van der Waals surface area contributed by atoms with Gasteiger partial charge in [0, 0.05) is 26.4 Å². The summed E-state index contributed by atoms with van der Waals surface area (Å²) < 4.78 is 43.7. The molecule has 128 valence electrons. The Balaban J connectivity index is 1.59. The molecule has 0 bridgehead atoms. The van der Waals surface area contributed by atoms with Crippen LogP contribution in [0.1, 0.15) is 23.4 Å². The van der Waals surface area contributed by atoms with Crippen LogP contribution in [0.3, 0.4) is 0 Å². The molecular weight excluding hydrogens is 334 g/mol. The van der Waals surface area contributed by atoms with Crippen molar-refractivity contribution in [3.05, 3.63) is 35.5 Å². The van der Waals surface area contributed by atoms with Gasteiger partial charge < -0.3 is 13.9 Å². The van der Waals surface area contributed by atoms with Gasteiger partial charge in [-0.15, -0.1) is 10.2 Å². The highest BCUT2D eigenvalue weighted by molar-refractivity contribution is 7.89. The Morgan fingerprint density at radius 2 is 2.12 bits per heavy atom. The van der Waals surface area contributed by atoms with Gasteiger partial charge in [-0.05, 0) is 23.8 Å². The van der Waals surface area contributed by atoms with Gasteiger partial charge in [0.2, 0.25) is 21.8 Å². The van der Waals surface area contributed by atoms with Gasteiger partial charge in [0.25, 0.3) is 0 Å². The van der Waals surface area contributed by atoms with Crippen LogP contribution in [-0.2, 0) is 21.2 Å². The zero-order valence-electron chi connectivity index (χ0n) is 13.1. The van der Waals surface area contributed by atoms with Crippen LogP contribution in [0.25, 0.3) is 0 Å². The van der Waals surface area contributed by atoms with Gasteiger partial charge in [0.1, 0.15) is 11.9 Å². The number of benzene rings is 1. The Morgan fingerprint density at radius 1 is 1.25 bits per heavy atom. The summed E-state index contributed by atoms with van der Waals surface area (Å²) in [6.45, 7) is 2.99. The maximum Gasteiger partial charge on any atom is 0.246 e. The van der Waals surface area contributed by atoms with Crippen molar-refractivity contribution in [1.29, 1.82) is 0 Å². The van der Waals surface area contributed by atoms with E-state index in [1.54, 1.807) is 25.1 Å². The highest BCUT2D eigenvalue weighted by Crippen LogP contribution is 2.30. The Hall–Kier alpha value is -1.97. The van der Waals surface area contributed by atoms with E-state index in [1.807, 2.05) is 0 Å². The third-order valence-electron chi connectivity index (χ3n) is 4.14. The molecule has 3 heterocycles. The average molecular weight is 351 g/mol. The summed E-state index contributed by atoms with van der Waals surface area (Å²) in [6, 6.07) is 4.99. The summed E-state index contributed by atoms with van der Waals surface area (Å²) in [6.07, 6.45) is 0.179. The molecule has 0 aliphatic carbocycles. The van der Waals surface area contributed by atoms with E-state index in [1.165, 1.54) is 4.31 Å². The number of rotatable bonds is 3. The van der Waals surface area contributed by atoms with Crippen LogP contribution in [-0.4, -0.2) is 49.2 Å². The van der Waals surface area contributed by atoms with Crippen LogP contribution < -0.4 is 4.74 Å². The third kappa shape index (κ3) is 2.68. The van der Waals surface area contributed by atoms with Crippen LogP contribution >= 0.6 is 0 Å². The molecular formula is C15H17N3O5S. The highest BCUT2D eigenvalue weighted by Gasteiger charge is 2.34. The first-order valence-corrected chi connectivity index (χ1v) is 9.15. The summed E-state index contributed by atoms with van der Waals surface area (Å²) in [4.78, 5) is 0.272. The molecule has 0 radical (unpaired) electrons. The molecule has 1 saturated heterocycles. The Labute approximate surface area is 139 Å². The lowest BCUT2D eigenvalue weighted by Crippen LogP contribution is -2.42. The van der Waals surface area contributed by atoms with E-state index in [2.05, 4.69) is 10.2 Å². The number of morpholine rings is 1. The molecule has 2 aromatic rings. The van der Waals surface area contributed by atoms with E-state index >= 15 is 0 Å². The predicted molar refractivity (Wildman–Crippen MR) is 82.1 cm³/mol. The highest BCUT2D eigenvalue weighted by atomic mass is 32.2. The summed E-state index contributed by atoms with van der Waals surface area (Å²) in [5.74, 6) is 1.48. The van der Waals surface area contributed by atoms with Crippen LogP contribution in [0.5, 0.6) is 5.75 Å². The number of ether oxygens (including phenoxy) is 2. The molecule has 0 spiro atoms. The van der Waals surface area contributed by atoms with Crippen molar-refractivity contribution in [2.24, 2.45) is 0 Å². The van der Waals surface area contributed by atoms with Crippen LogP contribution in [0, 0.1) is 6.92 Å². The normalized spacial score (nSPS) is 21.5. The molecule has 1 aromatic carbocycles. The Morgan fingerprint density at radius 3 is 2.92 bits per heavy atom. The molecule has 2 aliphatic rings. The van der Waals surface area contributed by atoms with E-state index in [0.29, 0.717) is 24.9 Å². The third-order valence-corrected chi connectivity index (χ3v) is 6.01. The van der Waals surface area contributed by atoms with Crippen molar-refractivity contribution in [2.75, 3.05) is 26.3 Å². The number of aromatic nitrogens is 2. The van der Waals surface area contributed by atoms with E-state index < -0.39 is 16.1 Å². The number of aryl methyl sites for hydroxylation is 1. The maximum atomic E-state index is 12.9. The molecule has 1 atom stereocenters. The second kappa shape index (κ2) is 5.83. The second-order valence-electron chi connectivity index (χ2n) is 5.75. The average Bonchev–Trinajstić information content (AvgIpc) is 3.23. The minimum Gasteiger partial charge on any atom is -0.493 e. The van der Waals surface area contributed by atoms with Crippen molar-refractivity contribution in [1.82, 2.24) is 14.5 Å². The van der Waals surface area contributed by atoms with E-state index in [9.17, 15) is 8.42 Å². The lowest BCUT2D eigenvalue weighted by atomic mass is 10.2. The lowest BCUT2D eigenvalue weighted by molar-refractivity contribution is -0.0176. The van der Waals surface area contributed by atoms with Crippen LogP contribution in [0.4, 0.5) is 0 Å². The van der Waals surface area contributed by atoms with Gasteiger partial charge in [-0.2, -0.15) is 4.31 Å². The van der Waals surface area contributed by atoms with E-state index in [4.69, 9.17) is 13.9 Å². The molecule has 4 rings (SSSR count). The fourth-order valence-corrected chi connectivity index (χ4v) is 4.38. The number of hydrogen-bond acceptors (Lipinski definition) is 7. The minimum atomic E-state index is -3.61. The van der Waals surface area contributed by atoms with Gasteiger partial charge in [0.15, 0.2) is 0 Å². The maximum absolute atomic E-state index is 12.9. The van der Waals surface area contributed by atoms with Crippen molar-refractivity contribution in [2.45, 2.75) is 24.3 Å². The number of hydrogen-bond donors (Lipinski definition) is 0. The molecule has 1 aromatic heterocycles. The SMILES string of the molecule is Cc1nnc([C@@H]2CN(S(=O)(=O)c3ccc4c(c3)CCO4)CCO2)o1. The zero-order valence-corrected chi connectivity index (χ0v) is 14.0. The zero-order chi connectivity index (χ0) is 16.7. The topological polar surface area (TPSA) is 94.8 Å². The number of sulfonamides is 1. The Kier molecular flexibility index (Phi) is 3.78. The van der Waals surface area contributed by atoms with Crippen molar-refractivity contribution >= 4 is 10.0 Å². The summed E-state index contributed by atoms with van der Waals surface area (Å²) >= 11 is 0. The van der Waals surface area contributed by atoms with Gasteiger partial charge in [0.05, 0.1) is 18.1 Å². The molecule has 2 aliphatic heterocycles. The smallest absolute Gasteiger partial charge is 0.246 e. The van der Waals surface area contributed by atoms with Gasteiger partial charge in [-0.25, -0.2) is 8.42 Å². The molecule has 0 N–H and O–H groups in total. The molecule has 8 nitrogen and oxygen atoms in total. The quantitative estimate of drug-likeness (QED) is 0.816. The van der Waals surface area contributed by atoms with Gasteiger partial charge >= 0.3 is 0 Å². The van der Waals surface area contributed by atoms with Crippen LogP contribution in [0.2, 0.25) is 0 Å². The predicted octanol–water partition coefficient (Wildman–Crippen LogP) is 1.08. The molecule has 24 heavy (non-hydrogen) atoms. The number of fused-ring (bicyclic) bond motifs is 1. The largest absolute Gasteiger partial charge is 0.493 e. The fourth-order valence-electron chi connectivity index (χ4n) is 2.91. The molecule has 0 unspecified atom stereocenters. The fraction of sp³-hybridized carbons (Fsp3) is 0.467. The first-order chi connectivity index (χ1) is 11.5. The summed E-state index contributed by atoms with van der Waals surface area (Å²) in [5, 5.41) is 7.69. The van der Waals surface area contributed by atoms with Crippen molar-refractivity contribution in [3.8, 4) is 5.75 Å². The lowest BCUT2D eigenvalue weighted by Gasteiger charge is -2.30. The second-order valence-corrected chi connectivity index (χ2v) is 7.69. The van der Waals surface area contributed by atoms with Crippen molar-refractivity contribution in [3.63, 3.8) is 0 Å². The first kappa shape index (κ1) is 15.6. The van der Waals surface area contributed by atoms with Gasteiger partial charge in [-0.3, -0.25) is 0 Å². The monoisotopic (exact) mass is 351 g/mol. The summed E-state index contributed by atoms with van der Waals surface area (Å²) in [5.41, 5.74) is 0.924. The van der Waals surface area contributed by atoms with E-state index in [0.717, 1.165) is 17.7 Å². The minimum absolute atomic E-state index is 0.150. The number of nitrogens with zero attached hydrogens (tertiary/aromatic N) is 3.